The molecule has 1 aromatic heterocycles. The maximum absolute atomic E-state index is 13.7. The first-order valence-corrected chi connectivity index (χ1v) is 11.5. The molecule has 0 aliphatic heterocycles. The SMILES string of the molecule is CCOc1ccccc1-n1c(C(C)N(C)C(=O)c2cccc(Br)c2)nc2ccccc2c1=O. The van der Waals surface area contributed by atoms with E-state index >= 15 is 0 Å². The predicted molar refractivity (Wildman–Crippen MR) is 133 cm³/mol. The molecule has 6 nitrogen and oxygen atoms in total. The number of nitrogens with zero attached hydrogens (tertiary/aromatic N) is 3. The van der Waals surface area contributed by atoms with E-state index in [1.54, 1.807) is 34.7 Å². The molecule has 33 heavy (non-hydrogen) atoms. The van der Waals surface area contributed by atoms with Crippen LogP contribution < -0.4 is 10.3 Å². The molecule has 1 atom stereocenters. The van der Waals surface area contributed by atoms with Gasteiger partial charge in [0, 0.05) is 17.1 Å². The Kier molecular flexibility index (Phi) is 6.60. The number of hydrogen-bond acceptors (Lipinski definition) is 4. The summed E-state index contributed by atoms with van der Waals surface area (Å²) in [5.41, 5.74) is 1.51. The summed E-state index contributed by atoms with van der Waals surface area (Å²) < 4.78 is 8.19. The highest BCUT2D eigenvalue weighted by molar-refractivity contribution is 9.10. The van der Waals surface area contributed by atoms with Crippen molar-refractivity contribution in [2.45, 2.75) is 19.9 Å². The Labute approximate surface area is 200 Å². The fourth-order valence-electron chi connectivity index (χ4n) is 3.76. The number of aromatic nitrogens is 2. The Bertz CT molecular complexity index is 1380. The van der Waals surface area contributed by atoms with Crippen LogP contribution in [0.3, 0.4) is 0 Å². The van der Waals surface area contributed by atoms with Crippen LogP contribution in [-0.4, -0.2) is 34.0 Å². The van der Waals surface area contributed by atoms with Crippen LogP contribution >= 0.6 is 15.9 Å². The molecule has 0 spiro atoms. The first-order chi connectivity index (χ1) is 15.9. The minimum Gasteiger partial charge on any atom is -0.492 e. The Morgan fingerprint density at radius 2 is 1.82 bits per heavy atom. The molecule has 0 N–H and O–H groups in total. The molecule has 1 unspecified atom stereocenters. The molecule has 0 saturated carbocycles. The second-order valence-electron chi connectivity index (χ2n) is 7.63. The van der Waals surface area contributed by atoms with Crippen molar-refractivity contribution in [2.75, 3.05) is 13.7 Å². The average molecular weight is 506 g/mol. The predicted octanol–water partition coefficient (Wildman–Crippen LogP) is 5.38. The number of rotatable bonds is 6. The van der Waals surface area contributed by atoms with E-state index in [9.17, 15) is 9.59 Å². The smallest absolute Gasteiger partial charge is 0.266 e. The van der Waals surface area contributed by atoms with E-state index in [-0.39, 0.29) is 11.5 Å². The second-order valence-corrected chi connectivity index (χ2v) is 8.55. The van der Waals surface area contributed by atoms with E-state index in [1.165, 1.54) is 0 Å². The molecular formula is C26H24BrN3O3. The lowest BCUT2D eigenvalue weighted by atomic mass is 10.1. The minimum absolute atomic E-state index is 0.171. The van der Waals surface area contributed by atoms with Gasteiger partial charge < -0.3 is 9.64 Å². The number of halogens is 1. The molecule has 1 heterocycles. The van der Waals surface area contributed by atoms with E-state index in [0.29, 0.717) is 40.3 Å². The van der Waals surface area contributed by atoms with E-state index in [4.69, 9.17) is 9.72 Å². The Morgan fingerprint density at radius 1 is 1.09 bits per heavy atom. The first-order valence-electron chi connectivity index (χ1n) is 10.7. The molecule has 0 saturated heterocycles. The number of carbonyl (C=O) groups excluding carboxylic acids is 1. The maximum Gasteiger partial charge on any atom is 0.266 e. The van der Waals surface area contributed by atoms with Gasteiger partial charge in [0.15, 0.2) is 0 Å². The summed E-state index contributed by atoms with van der Waals surface area (Å²) in [4.78, 5) is 33.3. The summed E-state index contributed by atoms with van der Waals surface area (Å²) in [5, 5.41) is 0.501. The normalized spacial score (nSPS) is 11.9. The highest BCUT2D eigenvalue weighted by Gasteiger charge is 2.26. The third-order valence-electron chi connectivity index (χ3n) is 5.55. The van der Waals surface area contributed by atoms with Crippen molar-refractivity contribution in [1.82, 2.24) is 14.5 Å². The Hall–Kier alpha value is -3.45. The van der Waals surface area contributed by atoms with Crippen LogP contribution in [0.4, 0.5) is 0 Å². The molecule has 0 aliphatic rings. The Morgan fingerprint density at radius 3 is 2.58 bits per heavy atom. The van der Waals surface area contributed by atoms with Gasteiger partial charge in [-0.1, -0.05) is 46.3 Å². The molecule has 4 rings (SSSR count). The Balaban J connectivity index is 1.90. The topological polar surface area (TPSA) is 64.4 Å². The van der Waals surface area contributed by atoms with Gasteiger partial charge in [0.2, 0.25) is 0 Å². The largest absolute Gasteiger partial charge is 0.492 e. The summed E-state index contributed by atoms with van der Waals surface area (Å²) in [6.45, 7) is 4.22. The molecule has 0 bridgehead atoms. The number of ether oxygens (including phenoxy) is 1. The zero-order chi connectivity index (χ0) is 23.5. The summed E-state index contributed by atoms with van der Waals surface area (Å²) in [6, 6.07) is 21.3. The zero-order valence-electron chi connectivity index (χ0n) is 18.7. The monoisotopic (exact) mass is 505 g/mol. The molecule has 3 aromatic carbocycles. The van der Waals surface area contributed by atoms with Gasteiger partial charge in [-0.15, -0.1) is 0 Å². The zero-order valence-corrected chi connectivity index (χ0v) is 20.2. The van der Waals surface area contributed by atoms with Crippen LogP contribution in [0, 0.1) is 0 Å². The number of hydrogen-bond donors (Lipinski definition) is 0. The average Bonchev–Trinajstić information content (AvgIpc) is 2.83. The van der Waals surface area contributed by atoms with Gasteiger partial charge in [-0.05, 0) is 56.3 Å². The number of amides is 1. The van der Waals surface area contributed by atoms with Gasteiger partial charge in [-0.25, -0.2) is 4.98 Å². The quantitative estimate of drug-likeness (QED) is 0.352. The number of para-hydroxylation sites is 3. The van der Waals surface area contributed by atoms with Crippen molar-refractivity contribution >= 4 is 32.7 Å². The van der Waals surface area contributed by atoms with Crippen molar-refractivity contribution in [3.05, 3.63) is 99.0 Å². The summed E-state index contributed by atoms with van der Waals surface area (Å²) in [7, 11) is 1.72. The molecule has 0 radical (unpaired) electrons. The van der Waals surface area contributed by atoms with Crippen LogP contribution in [0.5, 0.6) is 5.75 Å². The van der Waals surface area contributed by atoms with Crippen molar-refractivity contribution in [3.8, 4) is 11.4 Å². The van der Waals surface area contributed by atoms with Crippen LogP contribution in [0.25, 0.3) is 16.6 Å². The lowest BCUT2D eigenvalue weighted by Gasteiger charge is -2.27. The van der Waals surface area contributed by atoms with Gasteiger partial charge in [0.05, 0.1) is 29.2 Å². The molecule has 4 aromatic rings. The lowest BCUT2D eigenvalue weighted by Crippen LogP contribution is -2.35. The van der Waals surface area contributed by atoms with Crippen LogP contribution in [0.1, 0.15) is 36.1 Å². The maximum atomic E-state index is 13.7. The van der Waals surface area contributed by atoms with Crippen molar-refractivity contribution in [3.63, 3.8) is 0 Å². The van der Waals surface area contributed by atoms with E-state index in [1.807, 2.05) is 68.4 Å². The second kappa shape index (κ2) is 9.58. The molecule has 0 aliphatic carbocycles. The van der Waals surface area contributed by atoms with Crippen LogP contribution in [0.15, 0.2) is 82.1 Å². The van der Waals surface area contributed by atoms with Crippen LogP contribution in [0.2, 0.25) is 0 Å². The number of fused-ring (bicyclic) bond motifs is 1. The fourth-order valence-corrected chi connectivity index (χ4v) is 4.16. The highest BCUT2D eigenvalue weighted by Crippen LogP contribution is 2.28. The van der Waals surface area contributed by atoms with Crippen molar-refractivity contribution in [1.29, 1.82) is 0 Å². The first kappa shape index (κ1) is 22.7. The van der Waals surface area contributed by atoms with Crippen molar-refractivity contribution in [2.24, 2.45) is 0 Å². The standard InChI is InChI=1S/C26H24BrN3O3/c1-4-33-23-15-8-7-14-22(23)30-24(28-21-13-6-5-12-20(21)26(30)32)17(2)29(3)25(31)18-10-9-11-19(27)16-18/h5-17H,4H2,1-3H3. The van der Waals surface area contributed by atoms with Gasteiger partial charge in [0.1, 0.15) is 11.6 Å². The van der Waals surface area contributed by atoms with Gasteiger partial charge in [-0.3, -0.25) is 14.2 Å². The third-order valence-corrected chi connectivity index (χ3v) is 6.05. The van der Waals surface area contributed by atoms with E-state index in [2.05, 4.69) is 15.9 Å². The van der Waals surface area contributed by atoms with Gasteiger partial charge in [-0.2, -0.15) is 0 Å². The molecule has 7 heteroatoms. The van der Waals surface area contributed by atoms with Crippen molar-refractivity contribution < 1.29 is 9.53 Å². The summed E-state index contributed by atoms with van der Waals surface area (Å²) in [5.74, 6) is 0.862. The summed E-state index contributed by atoms with van der Waals surface area (Å²) >= 11 is 3.42. The fraction of sp³-hybridized carbons (Fsp3) is 0.192. The van der Waals surface area contributed by atoms with E-state index in [0.717, 1.165) is 4.47 Å². The minimum atomic E-state index is -0.497. The molecule has 0 fully saturated rings. The highest BCUT2D eigenvalue weighted by atomic mass is 79.9. The summed E-state index contributed by atoms with van der Waals surface area (Å²) in [6.07, 6.45) is 0. The molecular weight excluding hydrogens is 482 g/mol. The number of benzene rings is 3. The third kappa shape index (κ3) is 4.41. The van der Waals surface area contributed by atoms with Gasteiger partial charge >= 0.3 is 0 Å². The van der Waals surface area contributed by atoms with E-state index < -0.39 is 6.04 Å². The number of carbonyl (C=O) groups is 1. The molecule has 1 amide bonds. The van der Waals surface area contributed by atoms with Crippen LogP contribution in [-0.2, 0) is 0 Å². The van der Waals surface area contributed by atoms with Gasteiger partial charge in [0.25, 0.3) is 11.5 Å². The molecule has 168 valence electrons. The lowest BCUT2D eigenvalue weighted by molar-refractivity contribution is 0.0735.